The Morgan fingerprint density at radius 1 is 1.27 bits per heavy atom. The summed E-state index contributed by atoms with van der Waals surface area (Å²) in [6, 6.07) is 13.4. The van der Waals surface area contributed by atoms with Gasteiger partial charge in [-0.25, -0.2) is 0 Å². The number of pyridine rings is 1. The van der Waals surface area contributed by atoms with E-state index in [0.717, 1.165) is 17.0 Å². The lowest BCUT2D eigenvalue weighted by Crippen LogP contribution is -2.34. The lowest BCUT2D eigenvalue weighted by atomic mass is 10.1. The molecular formula is C20H23N3O3. The number of ether oxygens (including phenoxy) is 1. The average Bonchev–Trinajstić information content (AvgIpc) is 3.03. The van der Waals surface area contributed by atoms with E-state index in [1.165, 1.54) is 0 Å². The third-order valence-corrected chi connectivity index (χ3v) is 4.55. The number of benzene rings is 1. The minimum absolute atomic E-state index is 0.000492. The number of rotatable bonds is 7. The van der Waals surface area contributed by atoms with Crippen molar-refractivity contribution >= 4 is 11.8 Å². The fourth-order valence-electron chi connectivity index (χ4n) is 3.16. The number of carbonyl (C=O) groups excluding carboxylic acids is 2. The van der Waals surface area contributed by atoms with Gasteiger partial charge in [-0.2, -0.15) is 0 Å². The molecule has 1 saturated heterocycles. The summed E-state index contributed by atoms with van der Waals surface area (Å²) >= 11 is 0. The smallest absolute Gasteiger partial charge is 0.225 e. The van der Waals surface area contributed by atoms with E-state index in [9.17, 15) is 9.59 Å². The summed E-state index contributed by atoms with van der Waals surface area (Å²) in [6.07, 6.45) is 2.65. The molecule has 1 fully saturated rings. The lowest BCUT2D eigenvalue weighted by molar-refractivity contribution is -0.129. The molecule has 1 unspecified atom stereocenters. The molecule has 0 saturated carbocycles. The predicted octanol–water partition coefficient (Wildman–Crippen LogP) is 1.80. The molecule has 2 aromatic rings. The van der Waals surface area contributed by atoms with Crippen LogP contribution in [0.1, 0.15) is 17.7 Å². The van der Waals surface area contributed by atoms with Crippen molar-refractivity contribution in [1.29, 1.82) is 0 Å². The van der Waals surface area contributed by atoms with E-state index in [2.05, 4.69) is 10.3 Å². The number of hydrogen-bond acceptors (Lipinski definition) is 4. The molecule has 0 aliphatic carbocycles. The van der Waals surface area contributed by atoms with Gasteiger partial charge < -0.3 is 15.0 Å². The highest BCUT2D eigenvalue weighted by Crippen LogP contribution is 2.20. The highest BCUT2D eigenvalue weighted by molar-refractivity contribution is 5.89. The van der Waals surface area contributed by atoms with E-state index < -0.39 is 0 Å². The van der Waals surface area contributed by atoms with Crippen molar-refractivity contribution in [3.63, 3.8) is 0 Å². The van der Waals surface area contributed by atoms with Crippen molar-refractivity contribution in [1.82, 2.24) is 15.2 Å². The maximum absolute atomic E-state index is 12.4. The van der Waals surface area contributed by atoms with Gasteiger partial charge in [0.15, 0.2) is 0 Å². The first-order chi connectivity index (χ1) is 12.7. The van der Waals surface area contributed by atoms with Gasteiger partial charge in [0.25, 0.3) is 0 Å². The molecule has 6 nitrogen and oxygen atoms in total. The summed E-state index contributed by atoms with van der Waals surface area (Å²) in [5.41, 5.74) is 1.88. The molecule has 1 atom stereocenters. The second kappa shape index (κ2) is 8.47. The van der Waals surface area contributed by atoms with Crippen LogP contribution >= 0.6 is 0 Å². The Morgan fingerprint density at radius 2 is 2.08 bits per heavy atom. The first-order valence-corrected chi connectivity index (χ1v) is 8.74. The summed E-state index contributed by atoms with van der Waals surface area (Å²) in [6.45, 7) is 1.41. The quantitative estimate of drug-likeness (QED) is 0.824. The molecule has 26 heavy (non-hydrogen) atoms. The van der Waals surface area contributed by atoms with E-state index in [4.69, 9.17) is 4.74 Å². The summed E-state index contributed by atoms with van der Waals surface area (Å²) in [4.78, 5) is 30.5. The minimum atomic E-state index is -0.302. The zero-order chi connectivity index (χ0) is 18.4. The summed E-state index contributed by atoms with van der Waals surface area (Å²) in [5.74, 6) is 0.445. The Bertz CT molecular complexity index is 764. The summed E-state index contributed by atoms with van der Waals surface area (Å²) in [7, 11) is 1.64. The van der Waals surface area contributed by atoms with Gasteiger partial charge in [0.1, 0.15) is 5.75 Å². The van der Waals surface area contributed by atoms with E-state index in [1.54, 1.807) is 18.2 Å². The highest BCUT2D eigenvalue weighted by atomic mass is 16.5. The first kappa shape index (κ1) is 17.9. The Kier molecular flexibility index (Phi) is 5.84. The number of aromatic nitrogens is 1. The summed E-state index contributed by atoms with van der Waals surface area (Å²) in [5, 5.41) is 2.94. The number of carbonyl (C=O) groups is 2. The Labute approximate surface area is 153 Å². The maximum atomic E-state index is 12.4. The van der Waals surface area contributed by atoms with Crippen molar-refractivity contribution in [2.75, 3.05) is 20.2 Å². The number of methoxy groups -OCH3 is 1. The number of likely N-dealkylation sites (tertiary alicyclic amines) is 1. The van der Waals surface area contributed by atoms with Crippen LogP contribution in [0.3, 0.4) is 0 Å². The topological polar surface area (TPSA) is 71.5 Å². The third kappa shape index (κ3) is 4.39. The van der Waals surface area contributed by atoms with E-state index in [0.29, 0.717) is 26.1 Å². The third-order valence-electron chi connectivity index (χ3n) is 4.55. The standard InChI is InChI=1S/C20H23N3O3/c1-26-18-8-3-2-6-15(18)9-11-22-20(25)16-12-19(24)23(13-16)14-17-7-4-5-10-21-17/h2-8,10,16H,9,11-14H2,1H3,(H,22,25). The van der Waals surface area contributed by atoms with Gasteiger partial charge in [-0.3, -0.25) is 14.6 Å². The van der Waals surface area contributed by atoms with Crippen LogP contribution in [0.5, 0.6) is 5.75 Å². The lowest BCUT2D eigenvalue weighted by Gasteiger charge is -2.16. The van der Waals surface area contributed by atoms with Crippen molar-refractivity contribution < 1.29 is 14.3 Å². The van der Waals surface area contributed by atoms with Crippen LogP contribution in [-0.4, -0.2) is 41.9 Å². The van der Waals surface area contributed by atoms with Gasteiger partial charge in [-0.1, -0.05) is 24.3 Å². The van der Waals surface area contributed by atoms with Crippen molar-refractivity contribution in [2.45, 2.75) is 19.4 Å². The second-order valence-electron chi connectivity index (χ2n) is 6.35. The zero-order valence-corrected chi connectivity index (χ0v) is 14.9. The highest BCUT2D eigenvalue weighted by Gasteiger charge is 2.34. The van der Waals surface area contributed by atoms with Crippen LogP contribution in [0.15, 0.2) is 48.7 Å². The van der Waals surface area contributed by atoms with Gasteiger partial charge in [0.05, 0.1) is 25.3 Å². The van der Waals surface area contributed by atoms with E-state index in [1.807, 2.05) is 42.5 Å². The zero-order valence-electron chi connectivity index (χ0n) is 14.9. The molecule has 0 bridgehead atoms. The van der Waals surface area contributed by atoms with Crippen LogP contribution in [0.25, 0.3) is 0 Å². The van der Waals surface area contributed by atoms with Crippen LogP contribution in [0.4, 0.5) is 0 Å². The fourth-order valence-corrected chi connectivity index (χ4v) is 3.16. The molecule has 1 aromatic carbocycles. The predicted molar refractivity (Wildman–Crippen MR) is 97.5 cm³/mol. The molecule has 1 aromatic heterocycles. The van der Waals surface area contributed by atoms with Crippen LogP contribution in [-0.2, 0) is 22.6 Å². The first-order valence-electron chi connectivity index (χ1n) is 8.74. The molecular weight excluding hydrogens is 330 g/mol. The van der Waals surface area contributed by atoms with Gasteiger partial charge in [0, 0.05) is 25.7 Å². The van der Waals surface area contributed by atoms with E-state index in [-0.39, 0.29) is 24.2 Å². The van der Waals surface area contributed by atoms with Crippen LogP contribution in [0, 0.1) is 5.92 Å². The number of nitrogens with zero attached hydrogens (tertiary/aromatic N) is 2. The SMILES string of the molecule is COc1ccccc1CCNC(=O)C1CC(=O)N(Cc2ccccn2)C1. The number of nitrogens with one attached hydrogen (secondary N) is 1. The molecule has 3 rings (SSSR count). The van der Waals surface area contributed by atoms with E-state index >= 15 is 0 Å². The molecule has 1 aliphatic rings. The van der Waals surface area contributed by atoms with Crippen LogP contribution in [0.2, 0.25) is 0 Å². The van der Waals surface area contributed by atoms with Crippen molar-refractivity contribution in [2.24, 2.45) is 5.92 Å². The van der Waals surface area contributed by atoms with Crippen molar-refractivity contribution in [3.8, 4) is 5.75 Å². The molecule has 0 spiro atoms. The Balaban J connectivity index is 1.49. The van der Waals surface area contributed by atoms with Crippen LogP contribution < -0.4 is 10.1 Å². The largest absolute Gasteiger partial charge is 0.496 e. The molecule has 2 amide bonds. The molecule has 1 N–H and O–H groups in total. The molecule has 2 heterocycles. The minimum Gasteiger partial charge on any atom is -0.496 e. The molecule has 136 valence electrons. The normalized spacial score (nSPS) is 16.6. The van der Waals surface area contributed by atoms with Gasteiger partial charge in [-0.15, -0.1) is 0 Å². The second-order valence-corrected chi connectivity index (χ2v) is 6.35. The maximum Gasteiger partial charge on any atom is 0.225 e. The monoisotopic (exact) mass is 353 g/mol. The number of hydrogen-bond donors (Lipinski definition) is 1. The fraction of sp³-hybridized carbons (Fsp3) is 0.350. The number of para-hydroxylation sites is 1. The van der Waals surface area contributed by atoms with Crippen molar-refractivity contribution in [3.05, 3.63) is 59.9 Å². The Hall–Kier alpha value is -2.89. The van der Waals surface area contributed by atoms with Gasteiger partial charge in [-0.05, 0) is 30.2 Å². The average molecular weight is 353 g/mol. The number of amides is 2. The molecule has 1 aliphatic heterocycles. The van der Waals surface area contributed by atoms with Gasteiger partial charge in [0.2, 0.25) is 11.8 Å². The van der Waals surface area contributed by atoms with Gasteiger partial charge >= 0.3 is 0 Å². The molecule has 0 radical (unpaired) electrons. The Morgan fingerprint density at radius 3 is 2.85 bits per heavy atom. The molecule has 6 heteroatoms. The summed E-state index contributed by atoms with van der Waals surface area (Å²) < 4.78 is 5.32.